The lowest BCUT2D eigenvalue weighted by atomic mass is 9.95. The number of rotatable bonds is 5. The molecule has 1 aliphatic rings. The fourth-order valence-electron chi connectivity index (χ4n) is 3.92. The maximum atomic E-state index is 13.6. The van der Waals surface area contributed by atoms with E-state index in [0.717, 1.165) is 35.2 Å². The van der Waals surface area contributed by atoms with Crippen molar-refractivity contribution in [2.45, 2.75) is 19.1 Å². The molecule has 0 saturated carbocycles. The van der Waals surface area contributed by atoms with Crippen LogP contribution in [0.2, 0.25) is 0 Å². The highest BCUT2D eigenvalue weighted by Gasteiger charge is 2.47. The van der Waals surface area contributed by atoms with Gasteiger partial charge in [0, 0.05) is 11.3 Å². The largest absolute Gasteiger partial charge is 0.507 e. The third-order valence-electron chi connectivity index (χ3n) is 5.52. The maximum absolute atomic E-state index is 13.6. The molecule has 35 heavy (non-hydrogen) atoms. The number of carbonyl (C=O) groups is 2. The van der Waals surface area contributed by atoms with Crippen molar-refractivity contribution in [3.63, 3.8) is 0 Å². The van der Waals surface area contributed by atoms with Crippen LogP contribution in [-0.4, -0.2) is 23.4 Å². The molecule has 1 fully saturated rings. The number of aliphatic hydroxyl groups excluding tert-OH is 1. The number of ether oxygens (including phenoxy) is 1. The molecule has 5 nitrogen and oxygen atoms in total. The molecule has 1 heterocycles. The topological polar surface area (TPSA) is 66.8 Å². The molecule has 1 amide bonds. The van der Waals surface area contributed by atoms with Crippen molar-refractivity contribution >= 4 is 23.1 Å². The number of aliphatic hydroxyl groups is 1. The van der Waals surface area contributed by atoms with Gasteiger partial charge in [-0.15, -0.1) is 0 Å². The summed E-state index contributed by atoms with van der Waals surface area (Å²) < 4.78 is 59.0. The molecule has 3 aromatic carbocycles. The monoisotopic (exact) mass is 485 g/mol. The van der Waals surface area contributed by atoms with Gasteiger partial charge in [-0.25, -0.2) is 4.39 Å². The number of hydrogen-bond acceptors (Lipinski definition) is 4. The van der Waals surface area contributed by atoms with Gasteiger partial charge < -0.3 is 9.84 Å². The van der Waals surface area contributed by atoms with Crippen molar-refractivity contribution in [3.05, 3.63) is 101 Å². The first-order valence-electron chi connectivity index (χ1n) is 10.6. The Morgan fingerprint density at radius 1 is 1.00 bits per heavy atom. The second-order valence-electron chi connectivity index (χ2n) is 7.73. The van der Waals surface area contributed by atoms with E-state index in [1.165, 1.54) is 30.3 Å². The molecule has 1 N–H and O–H groups in total. The molecule has 1 saturated heterocycles. The van der Waals surface area contributed by atoms with Gasteiger partial charge in [-0.2, -0.15) is 13.2 Å². The van der Waals surface area contributed by atoms with Crippen LogP contribution >= 0.6 is 0 Å². The van der Waals surface area contributed by atoms with Gasteiger partial charge in [-0.1, -0.05) is 18.2 Å². The molecule has 3 aromatic rings. The van der Waals surface area contributed by atoms with Crippen LogP contribution < -0.4 is 9.64 Å². The van der Waals surface area contributed by atoms with Crippen LogP contribution in [-0.2, 0) is 15.8 Å². The average Bonchev–Trinajstić information content (AvgIpc) is 3.10. The van der Waals surface area contributed by atoms with Crippen LogP contribution in [0.15, 0.2) is 78.4 Å². The highest BCUT2D eigenvalue weighted by atomic mass is 19.4. The number of ketones is 1. The minimum absolute atomic E-state index is 0.193. The summed E-state index contributed by atoms with van der Waals surface area (Å²) in [5.41, 5.74) is -1.11. The predicted molar refractivity (Wildman–Crippen MR) is 120 cm³/mol. The summed E-state index contributed by atoms with van der Waals surface area (Å²) in [5.74, 6) is -2.79. The summed E-state index contributed by atoms with van der Waals surface area (Å²) in [6.07, 6.45) is -4.68. The maximum Gasteiger partial charge on any atom is 0.416 e. The van der Waals surface area contributed by atoms with E-state index in [2.05, 4.69) is 0 Å². The van der Waals surface area contributed by atoms with Crippen molar-refractivity contribution in [3.8, 4) is 5.75 Å². The summed E-state index contributed by atoms with van der Waals surface area (Å²) >= 11 is 0. The highest BCUT2D eigenvalue weighted by Crippen LogP contribution is 2.43. The highest BCUT2D eigenvalue weighted by molar-refractivity contribution is 6.51. The Kier molecular flexibility index (Phi) is 6.34. The first-order valence-corrected chi connectivity index (χ1v) is 10.6. The first-order chi connectivity index (χ1) is 16.6. The van der Waals surface area contributed by atoms with Crippen molar-refractivity contribution in [2.24, 2.45) is 0 Å². The van der Waals surface area contributed by atoms with E-state index in [-0.39, 0.29) is 22.4 Å². The molecule has 9 heteroatoms. The van der Waals surface area contributed by atoms with E-state index in [0.29, 0.717) is 12.4 Å². The number of anilines is 1. The number of Topliss-reactive ketones (excluding diaryl/α,β-unsaturated/α-hetero) is 1. The molecule has 1 unspecified atom stereocenters. The van der Waals surface area contributed by atoms with Gasteiger partial charge in [0.25, 0.3) is 11.7 Å². The molecule has 0 aromatic heterocycles. The SMILES string of the molecule is CCOc1ccc(/C(O)=C2\C(=O)C(=O)N(c3cccc(C(F)(F)F)c3)C2c2ccc(F)cc2)cc1. The van der Waals surface area contributed by atoms with Crippen molar-refractivity contribution in [1.29, 1.82) is 0 Å². The van der Waals surface area contributed by atoms with Gasteiger partial charge in [0.1, 0.15) is 17.3 Å². The van der Waals surface area contributed by atoms with Gasteiger partial charge in [0.15, 0.2) is 0 Å². The zero-order chi connectivity index (χ0) is 25.3. The smallest absolute Gasteiger partial charge is 0.416 e. The van der Waals surface area contributed by atoms with Crippen LogP contribution in [0.1, 0.15) is 29.7 Å². The van der Waals surface area contributed by atoms with Gasteiger partial charge in [-0.3, -0.25) is 14.5 Å². The lowest BCUT2D eigenvalue weighted by molar-refractivity contribution is -0.137. The minimum atomic E-state index is -4.68. The molecular formula is C26H19F4NO4. The van der Waals surface area contributed by atoms with Crippen LogP contribution in [0, 0.1) is 5.82 Å². The first kappa shape index (κ1) is 24.0. The number of nitrogens with zero attached hydrogens (tertiary/aromatic N) is 1. The van der Waals surface area contributed by atoms with Crippen molar-refractivity contribution in [1.82, 2.24) is 0 Å². The number of hydrogen-bond donors (Lipinski definition) is 1. The lowest BCUT2D eigenvalue weighted by Crippen LogP contribution is -2.29. The number of amides is 1. The Hall–Kier alpha value is -4.14. The summed E-state index contributed by atoms with van der Waals surface area (Å²) in [6.45, 7) is 2.21. The molecule has 0 spiro atoms. The number of benzene rings is 3. The molecule has 1 aliphatic heterocycles. The van der Waals surface area contributed by atoms with Gasteiger partial charge in [-0.05, 0) is 67.1 Å². The molecule has 4 rings (SSSR count). The average molecular weight is 485 g/mol. The second kappa shape index (κ2) is 9.25. The van der Waals surface area contributed by atoms with E-state index >= 15 is 0 Å². The Morgan fingerprint density at radius 2 is 1.66 bits per heavy atom. The van der Waals surface area contributed by atoms with Gasteiger partial charge in [0.2, 0.25) is 0 Å². The van der Waals surface area contributed by atoms with Gasteiger partial charge in [0.05, 0.1) is 23.8 Å². The van der Waals surface area contributed by atoms with Gasteiger partial charge >= 0.3 is 6.18 Å². The van der Waals surface area contributed by atoms with E-state index in [9.17, 15) is 32.3 Å². The van der Waals surface area contributed by atoms with E-state index in [4.69, 9.17) is 4.74 Å². The van der Waals surface area contributed by atoms with Crippen LogP contribution in [0.4, 0.5) is 23.2 Å². The van der Waals surface area contributed by atoms with E-state index < -0.39 is 41.0 Å². The Labute approximate surface area is 197 Å². The number of halogens is 4. The van der Waals surface area contributed by atoms with Crippen LogP contribution in [0.5, 0.6) is 5.75 Å². The zero-order valence-corrected chi connectivity index (χ0v) is 18.3. The summed E-state index contributed by atoms with van der Waals surface area (Å²) in [7, 11) is 0. The van der Waals surface area contributed by atoms with Crippen molar-refractivity contribution < 1.29 is 37.0 Å². The summed E-state index contributed by atoms with van der Waals surface area (Å²) in [6, 6.07) is 13.6. The van der Waals surface area contributed by atoms with Crippen LogP contribution in [0.3, 0.4) is 0 Å². The molecule has 180 valence electrons. The number of alkyl halides is 3. The van der Waals surface area contributed by atoms with Crippen molar-refractivity contribution in [2.75, 3.05) is 11.5 Å². The summed E-state index contributed by atoms with van der Waals surface area (Å²) in [5, 5.41) is 11.0. The van der Waals surface area contributed by atoms with E-state index in [1.807, 2.05) is 0 Å². The Morgan fingerprint density at radius 3 is 2.26 bits per heavy atom. The zero-order valence-electron chi connectivity index (χ0n) is 18.3. The molecule has 0 aliphatic carbocycles. The normalized spacial score (nSPS) is 17.6. The molecule has 0 radical (unpaired) electrons. The third-order valence-corrected chi connectivity index (χ3v) is 5.52. The molecular weight excluding hydrogens is 466 g/mol. The second-order valence-corrected chi connectivity index (χ2v) is 7.73. The lowest BCUT2D eigenvalue weighted by Gasteiger charge is -2.26. The quantitative estimate of drug-likeness (QED) is 0.213. The molecule has 1 atom stereocenters. The summed E-state index contributed by atoms with van der Waals surface area (Å²) in [4.78, 5) is 27.0. The predicted octanol–water partition coefficient (Wildman–Crippen LogP) is 5.87. The Balaban J connectivity index is 1.90. The molecule has 0 bridgehead atoms. The van der Waals surface area contributed by atoms with Crippen LogP contribution in [0.25, 0.3) is 5.76 Å². The third kappa shape index (κ3) is 4.62. The van der Waals surface area contributed by atoms with E-state index in [1.54, 1.807) is 19.1 Å². The fraction of sp³-hybridized carbons (Fsp3) is 0.154. The number of carbonyl (C=O) groups excluding carboxylic acids is 2. The fourth-order valence-corrected chi connectivity index (χ4v) is 3.92. The standard InChI is InChI=1S/C26H19F4NO4/c1-2-35-20-12-8-16(9-13-20)23(32)21-22(15-6-10-18(27)11-7-15)31(25(34)24(21)33)19-5-3-4-17(14-19)26(28,29)30/h3-14,22,32H,2H2,1H3/b23-21+. The Bertz CT molecular complexity index is 1300. The minimum Gasteiger partial charge on any atom is -0.507 e.